The van der Waals surface area contributed by atoms with Gasteiger partial charge in [0.25, 0.3) is 0 Å². The molecule has 0 aromatic rings. The van der Waals surface area contributed by atoms with E-state index in [0.717, 1.165) is 12.3 Å². The molecule has 1 fully saturated rings. The molecule has 14 heavy (non-hydrogen) atoms. The second kappa shape index (κ2) is 4.19. The summed E-state index contributed by atoms with van der Waals surface area (Å²) in [6, 6.07) is 0. The number of nitrogens with two attached hydrogens (primary N) is 1. The minimum Gasteiger partial charge on any atom is -0.396 e. The van der Waals surface area contributed by atoms with Gasteiger partial charge >= 0.3 is 0 Å². The Morgan fingerprint density at radius 1 is 1.36 bits per heavy atom. The smallest absolute Gasteiger partial charge is 0.0437 e. The Morgan fingerprint density at radius 3 is 2.21 bits per heavy atom. The van der Waals surface area contributed by atoms with E-state index in [4.69, 9.17) is 10.8 Å². The molecule has 0 atom stereocenters. The fourth-order valence-corrected chi connectivity index (χ4v) is 2.75. The maximum Gasteiger partial charge on any atom is 0.0437 e. The van der Waals surface area contributed by atoms with Crippen LogP contribution in [-0.2, 0) is 0 Å². The van der Waals surface area contributed by atoms with E-state index >= 15 is 0 Å². The topological polar surface area (TPSA) is 46.2 Å². The van der Waals surface area contributed by atoms with Crippen molar-refractivity contribution >= 4 is 0 Å². The lowest BCUT2D eigenvalue weighted by Crippen LogP contribution is -2.52. The molecule has 0 aliphatic heterocycles. The third-order valence-electron chi connectivity index (χ3n) is 4.19. The standard InChI is InChI=1S/C12H25NO/c1-10-4-6-12(7-5-10,8-9-14)11(2,3)13/h10,14H,4-9,13H2,1-3H3. The summed E-state index contributed by atoms with van der Waals surface area (Å²) >= 11 is 0. The van der Waals surface area contributed by atoms with Crippen molar-refractivity contribution < 1.29 is 5.11 Å². The number of aliphatic hydroxyl groups is 1. The maximum atomic E-state index is 9.16. The highest BCUT2D eigenvalue weighted by molar-refractivity contribution is 4.98. The minimum absolute atomic E-state index is 0.157. The summed E-state index contributed by atoms with van der Waals surface area (Å²) in [7, 11) is 0. The molecule has 1 aliphatic carbocycles. The van der Waals surface area contributed by atoms with Crippen LogP contribution in [-0.4, -0.2) is 17.3 Å². The van der Waals surface area contributed by atoms with Gasteiger partial charge in [-0.2, -0.15) is 0 Å². The molecule has 1 saturated carbocycles. The fraction of sp³-hybridized carbons (Fsp3) is 1.00. The van der Waals surface area contributed by atoms with Crippen LogP contribution in [0.15, 0.2) is 0 Å². The van der Waals surface area contributed by atoms with Gasteiger partial charge in [-0.3, -0.25) is 0 Å². The fourth-order valence-electron chi connectivity index (χ4n) is 2.75. The predicted molar refractivity (Wildman–Crippen MR) is 60.0 cm³/mol. The summed E-state index contributed by atoms with van der Waals surface area (Å²) in [5, 5.41) is 9.16. The van der Waals surface area contributed by atoms with Crippen LogP contribution in [0.4, 0.5) is 0 Å². The zero-order valence-electron chi connectivity index (χ0n) is 9.84. The highest BCUT2D eigenvalue weighted by Crippen LogP contribution is 2.47. The van der Waals surface area contributed by atoms with Crippen molar-refractivity contribution in [3.05, 3.63) is 0 Å². The van der Waals surface area contributed by atoms with Crippen molar-refractivity contribution in [2.24, 2.45) is 17.1 Å². The Hall–Kier alpha value is -0.0800. The van der Waals surface area contributed by atoms with Gasteiger partial charge in [-0.25, -0.2) is 0 Å². The van der Waals surface area contributed by atoms with Crippen LogP contribution in [0.5, 0.6) is 0 Å². The maximum absolute atomic E-state index is 9.16. The van der Waals surface area contributed by atoms with Gasteiger partial charge in [-0.1, -0.05) is 19.8 Å². The van der Waals surface area contributed by atoms with Gasteiger partial charge in [0, 0.05) is 12.1 Å². The summed E-state index contributed by atoms with van der Waals surface area (Å²) in [6.07, 6.45) is 5.75. The first-order valence-electron chi connectivity index (χ1n) is 5.81. The van der Waals surface area contributed by atoms with Crippen molar-refractivity contribution in [2.45, 2.75) is 58.4 Å². The number of rotatable bonds is 3. The van der Waals surface area contributed by atoms with Gasteiger partial charge < -0.3 is 10.8 Å². The number of aliphatic hydroxyl groups excluding tert-OH is 1. The van der Waals surface area contributed by atoms with Crippen molar-refractivity contribution in [3.63, 3.8) is 0 Å². The molecule has 84 valence electrons. The molecule has 0 radical (unpaired) electrons. The van der Waals surface area contributed by atoms with Crippen LogP contribution in [0.3, 0.4) is 0 Å². The van der Waals surface area contributed by atoms with E-state index in [0.29, 0.717) is 0 Å². The van der Waals surface area contributed by atoms with Gasteiger partial charge in [0.05, 0.1) is 0 Å². The lowest BCUT2D eigenvalue weighted by molar-refractivity contribution is 0.0418. The molecular formula is C12H25NO. The minimum atomic E-state index is -0.157. The quantitative estimate of drug-likeness (QED) is 0.732. The molecule has 3 N–H and O–H groups in total. The highest BCUT2D eigenvalue weighted by Gasteiger charge is 2.43. The Kier molecular flexibility index (Phi) is 3.59. The summed E-state index contributed by atoms with van der Waals surface area (Å²) in [6.45, 7) is 6.80. The highest BCUT2D eigenvalue weighted by atomic mass is 16.3. The van der Waals surface area contributed by atoms with Gasteiger partial charge in [0.15, 0.2) is 0 Å². The molecule has 0 saturated heterocycles. The molecule has 0 bridgehead atoms. The van der Waals surface area contributed by atoms with Crippen LogP contribution in [0.2, 0.25) is 0 Å². The molecule has 0 unspecified atom stereocenters. The Morgan fingerprint density at radius 2 is 1.86 bits per heavy atom. The van der Waals surface area contributed by atoms with E-state index < -0.39 is 0 Å². The van der Waals surface area contributed by atoms with E-state index in [-0.39, 0.29) is 17.6 Å². The molecule has 1 rings (SSSR count). The third-order valence-corrected chi connectivity index (χ3v) is 4.19. The molecule has 0 heterocycles. The first kappa shape index (κ1) is 12.0. The second-order valence-corrected chi connectivity index (χ2v) is 5.66. The van der Waals surface area contributed by atoms with Crippen LogP contribution in [0, 0.1) is 11.3 Å². The number of hydrogen-bond donors (Lipinski definition) is 2. The van der Waals surface area contributed by atoms with Crippen molar-refractivity contribution in [3.8, 4) is 0 Å². The van der Waals surface area contributed by atoms with Crippen LogP contribution in [0.1, 0.15) is 52.9 Å². The van der Waals surface area contributed by atoms with Gasteiger partial charge in [-0.15, -0.1) is 0 Å². The first-order chi connectivity index (χ1) is 6.41. The summed E-state index contributed by atoms with van der Waals surface area (Å²) in [5.74, 6) is 0.837. The average Bonchev–Trinajstić information content (AvgIpc) is 2.07. The SMILES string of the molecule is CC1CCC(CCO)(C(C)(C)N)CC1. The second-order valence-electron chi connectivity index (χ2n) is 5.66. The largest absolute Gasteiger partial charge is 0.396 e. The average molecular weight is 199 g/mol. The Balaban J connectivity index is 2.73. The molecule has 0 spiro atoms. The molecule has 1 aliphatic rings. The summed E-state index contributed by atoms with van der Waals surface area (Å²) in [5.41, 5.74) is 6.28. The number of hydrogen-bond acceptors (Lipinski definition) is 2. The zero-order valence-corrected chi connectivity index (χ0v) is 9.84. The van der Waals surface area contributed by atoms with Gasteiger partial charge in [0.2, 0.25) is 0 Å². The van der Waals surface area contributed by atoms with E-state index in [1.165, 1.54) is 25.7 Å². The Labute approximate surface area is 87.9 Å². The monoisotopic (exact) mass is 199 g/mol. The van der Waals surface area contributed by atoms with Crippen LogP contribution < -0.4 is 5.73 Å². The molecule has 0 aromatic carbocycles. The van der Waals surface area contributed by atoms with Crippen molar-refractivity contribution in [2.75, 3.05) is 6.61 Å². The molecule has 2 heteroatoms. The molecular weight excluding hydrogens is 174 g/mol. The van der Waals surface area contributed by atoms with Gasteiger partial charge in [0.1, 0.15) is 0 Å². The lowest BCUT2D eigenvalue weighted by atomic mass is 9.60. The molecule has 0 amide bonds. The Bertz CT molecular complexity index is 175. The van der Waals surface area contributed by atoms with Crippen molar-refractivity contribution in [1.82, 2.24) is 0 Å². The van der Waals surface area contributed by atoms with E-state index in [2.05, 4.69) is 20.8 Å². The van der Waals surface area contributed by atoms with E-state index in [9.17, 15) is 0 Å². The van der Waals surface area contributed by atoms with Crippen LogP contribution >= 0.6 is 0 Å². The lowest BCUT2D eigenvalue weighted by Gasteiger charge is -2.48. The molecule has 2 nitrogen and oxygen atoms in total. The van der Waals surface area contributed by atoms with E-state index in [1.807, 2.05) is 0 Å². The third kappa shape index (κ3) is 2.29. The zero-order chi connectivity index (χ0) is 10.8. The normalized spacial score (nSPS) is 34.5. The summed E-state index contributed by atoms with van der Waals surface area (Å²) < 4.78 is 0. The van der Waals surface area contributed by atoms with Crippen molar-refractivity contribution in [1.29, 1.82) is 0 Å². The summed E-state index contributed by atoms with van der Waals surface area (Å²) in [4.78, 5) is 0. The van der Waals surface area contributed by atoms with Crippen LogP contribution in [0.25, 0.3) is 0 Å². The van der Waals surface area contributed by atoms with E-state index in [1.54, 1.807) is 0 Å². The first-order valence-corrected chi connectivity index (χ1v) is 5.81. The predicted octanol–water partition coefficient (Wildman–Crippen LogP) is 2.30. The molecule has 0 aromatic heterocycles. The van der Waals surface area contributed by atoms with Gasteiger partial charge in [-0.05, 0) is 44.4 Å².